The first-order valence-corrected chi connectivity index (χ1v) is 7.98. The van der Waals surface area contributed by atoms with Crippen molar-refractivity contribution in [3.8, 4) is 0 Å². The molecule has 2 amide bonds. The molecular formula is C19H19N5O3. The lowest BCUT2D eigenvalue weighted by Crippen LogP contribution is -2.30. The summed E-state index contributed by atoms with van der Waals surface area (Å²) in [4.78, 5) is 22.9. The third kappa shape index (κ3) is 5.60. The maximum absolute atomic E-state index is 12.0. The second-order valence-electron chi connectivity index (χ2n) is 5.29. The van der Waals surface area contributed by atoms with Crippen LogP contribution in [-0.4, -0.2) is 36.2 Å². The molecular weight excluding hydrogens is 346 g/mol. The summed E-state index contributed by atoms with van der Waals surface area (Å²) in [6.45, 7) is 1.48. The molecule has 0 heterocycles. The monoisotopic (exact) mass is 365 g/mol. The summed E-state index contributed by atoms with van der Waals surface area (Å²) in [5.74, 6) is -0.744. The van der Waals surface area contributed by atoms with Crippen molar-refractivity contribution in [1.82, 2.24) is 5.43 Å². The molecule has 8 nitrogen and oxygen atoms in total. The van der Waals surface area contributed by atoms with Crippen molar-refractivity contribution in [2.75, 3.05) is 7.11 Å². The molecule has 0 aliphatic heterocycles. The van der Waals surface area contributed by atoms with Crippen LogP contribution in [-0.2, 0) is 9.53 Å². The number of hydrazone groups is 1. The van der Waals surface area contributed by atoms with E-state index in [2.05, 4.69) is 15.3 Å². The standard InChI is InChI=1S/C19H19N5O3/c1-13(21-24-19(20)26)16(18(25)27-2)22-23-17(14-9-5-3-6-10-14)15-11-7-4-8-12-15/h3-12H,1-2H3,(H3,20,24,26)/b21-13+,22-16+. The van der Waals surface area contributed by atoms with Gasteiger partial charge >= 0.3 is 12.0 Å². The van der Waals surface area contributed by atoms with Crippen LogP contribution in [0.15, 0.2) is 76.0 Å². The van der Waals surface area contributed by atoms with Gasteiger partial charge in [-0.3, -0.25) is 0 Å². The average Bonchev–Trinajstić information content (AvgIpc) is 2.70. The van der Waals surface area contributed by atoms with Crippen LogP contribution >= 0.6 is 0 Å². The van der Waals surface area contributed by atoms with Gasteiger partial charge < -0.3 is 10.5 Å². The number of carbonyl (C=O) groups is 2. The Morgan fingerprint density at radius 2 is 1.44 bits per heavy atom. The highest BCUT2D eigenvalue weighted by molar-refractivity contribution is 6.65. The fourth-order valence-corrected chi connectivity index (χ4v) is 2.12. The minimum atomic E-state index is -0.865. The number of amides is 2. The van der Waals surface area contributed by atoms with E-state index >= 15 is 0 Å². The summed E-state index contributed by atoms with van der Waals surface area (Å²) in [5.41, 5.74) is 9.18. The number of ether oxygens (including phenoxy) is 1. The van der Waals surface area contributed by atoms with Crippen LogP contribution < -0.4 is 11.2 Å². The van der Waals surface area contributed by atoms with Crippen LogP contribution in [0, 0.1) is 0 Å². The number of benzene rings is 2. The normalized spacial score (nSPS) is 11.5. The van der Waals surface area contributed by atoms with Gasteiger partial charge in [-0.25, -0.2) is 15.0 Å². The number of esters is 1. The van der Waals surface area contributed by atoms with Crippen LogP contribution in [0.25, 0.3) is 0 Å². The van der Waals surface area contributed by atoms with Gasteiger partial charge in [0.15, 0.2) is 5.71 Å². The van der Waals surface area contributed by atoms with Gasteiger partial charge in [0.25, 0.3) is 0 Å². The van der Waals surface area contributed by atoms with Crippen LogP contribution in [0.4, 0.5) is 4.79 Å². The first-order valence-electron chi connectivity index (χ1n) is 7.98. The van der Waals surface area contributed by atoms with Gasteiger partial charge in [-0.1, -0.05) is 60.7 Å². The topological polar surface area (TPSA) is 118 Å². The molecule has 2 rings (SSSR count). The van der Waals surface area contributed by atoms with Gasteiger partial charge in [-0.2, -0.15) is 5.10 Å². The molecule has 0 atom stereocenters. The van der Waals surface area contributed by atoms with E-state index in [0.29, 0.717) is 5.71 Å². The molecule has 8 heteroatoms. The zero-order valence-electron chi connectivity index (χ0n) is 14.9. The number of hydrogen-bond acceptors (Lipinski definition) is 6. The minimum absolute atomic E-state index is 0.102. The molecule has 138 valence electrons. The smallest absolute Gasteiger partial charge is 0.360 e. The molecule has 0 aliphatic carbocycles. The highest BCUT2D eigenvalue weighted by Gasteiger charge is 2.17. The van der Waals surface area contributed by atoms with E-state index in [9.17, 15) is 9.59 Å². The molecule has 0 aliphatic rings. The zero-order valence-corrected chi connectivity index (χ0v) is 14.9. The molecule has 0 unspecified atom stereocenters. The number of methoxy groups -OCH3 is 1. The third-order valence-corrected chi connectivity index (χ3v) is 3.40. The number of urea groups is 1. The molecule has 0 saturated heterocycles. The Morgan fingerprint density at radius 3 is 1.89 bits per heavy atom. The quantitative estimate of drug-likeness (QED) is 0.463. The van der Waals surface area contributed by atoms with Gasteiger partial charge in [-0.05, 0) is 6.92 Å². The second-order valence-corrected chi connectivity index (χ2v) is 5.29. The lowest BCUT2D eigenvalue weighted by Gasteiger charge is -2.06. The van der Waals surface area contributed by atoms with Gasteiger partial charge in [0.05, 0.1) is 12.8 Å². The Bertz CT molecular complexity index is 849. The lowest BCUT2D eigenvalue weighted by molar-refractivity contribution is -0.132. The predicted octanol–water partition coefficient (Wildman–Crippen LogP) is 2.10. The number of hydrogen-bond donors (Lipinski definition) is 2. The Hall–Kier alpha value is -3.81. The number of carbonyl (C=O) groups excluding carboxylic acids is 2. The van der Waals surface area contributed by atoms with Crippen molar-refractivity contribution in [3.63, 3.8) is 0 Å². The molecule has 3 N–H and O–H groups in total. The highest BCUT2D eigenvalue weighted by atomic mass is 16.5. The maximum Gasteiger partial charge on any atom is 0.360 e. The van der Waals surface area contributed by atoms with Crippen molar-refractivity contribution in [2.24, 2.45) is 21.0 Å². The Labute approximate surface area is 156 Å². The van der Waals surface area contributed by atoms with Gasteiger partial charge in [-0.15, -0.1) is 10.2 Å². The molecule has 2 aromatic carbocycles. The zero-order chi connectivity index (χ0) is 19.6. The van der Waals surface area contributed by atoms with Crippen LogP contribution in [0.2, 0.25) is 0 Å². The number of nitrogens with one attached hydrogen (secondary N) is 1. The number of rotatable bonds is 6. The summed E-state index contributed by atoms with van der Waals surface area (Å²) in [5, 5.41) is 12.0. The first kappa shape index (κ1) is 19.5. The maximum atomic E-state index is 12.0. The Balaban J connectivity index is 2.53. The predicted molar refractivity (Wildman–Crippen MR) is 104 cm³/mol. The largest absolute Gasteiger partial charge is 0.464 e. The number of nitrogens with two attached hydrogens (primary N) is 1. The second kappa shape index (κ2) is 9.62. The van der Waals surface area contributed by atoms with E-state index in [1.165, 1.54) is 14.0 Å². The number of primary amides is 1. The Morgan fingerprint density at radius 1 is 0.926 bits per heavy atom. The molecule has 0 fully saturated rings. The molecule has 0 spiro atoms. The van der Waals surface area contributed by atoms with Crippen LogP contribution in [0.3, 0.4) is 0 Å². The van der Waals surface area contributed by atoms with Crippen molar-refractivity contribution < 1.29 is 14.3 Å². The first-order chi connectivity index (χ1) is 13.0. The van der Waals surface area contributed by atoms with E-state index in [4.69, 9.17) is 10.5 Å². The minimum Gasteiger partial charge on any atom is -0.464 e. The fourth-order valence-electron chi connectivity index (χ4n) is 2.12. The van der Waals surface area contributed by atoms with Crippen molar-refractivity contribution in [3.05, 3.63) is 71.8 Å². The van der Waals surface area contributed by atoms with E-state index in [1.807, 2.05) is 66.1 Å². The highest BCUT2D eigenvalue weighted by Crippen LogP contribution is 2.11. The van der Waals surface area contributed by atoms with Crippen molar-refractivity contribution in [2.45, 2.75) is 6.92 Å². The van der Waals surface area contributed by atoms with E-state index in [1.54, 1.807) is 0 Å². The summed E-state index contributed by atoms with van der Waals surface area (Å²) in [7, 11) is 1.21. The van der Waals surface area contributed by atoms with E-state index in [-0.39, 0.29) is 11.4 Å². The van der Waals surface area contributed by atoms with Crippen molar-refractivity contribution in [1.29, 1.82) is 0 Å². The van der Waals surface area contributed by atoms with E-state index < -0.39 is 12.0 Å². The molecule has 27 heavy (non-hydrogen) atoms. The summed E-state index contributed by atoms with van der Waals surface area (Å²) >= 11 is 0. The van der Waals surface area contributed by atoms with Crippen LogP contribution in [0.5, 0.6) is 0 Å². The summed E-state index contributed by atoms with van der Waals surface area (Å²) < 4.78 is 4.72. The number of nitrogens with zero attached hydrogens (tertiary/aromatic N) is 3. The summed E-state index contributed by atoms with van der Waals surface area (Å²) in [6.07, 6.45) is 0. The molecule has 0 bridgehead atoms. The fraction of sp³-hybridized carbons (Fsp3) is 0.105. The SMILES string of the molecule is COC(=O)C(=N/N=C(c1ccccc1)c1ccccc1)/C(C)=N/NC(N)=O. The molecule has 0 aromatic heterocycles. The lowest BCUT2D eigenvalue weighted by atomic mass is 10.0. The average molecular weight is 365 g/mol. The van der Waals surface area contributed by atoms with Crippen molar-refractivity contribution >= 4 is 29.1 Å². The van der Waals surface area contributed by atoms with Gasteiger partial charge in [0, 0.05) is 11.1 Å². The van der Waals surface area contributed by atoms with Gasteiger partial charge in [0.2, 0.25) is 0 Å². The molecule has 0 saturated carbocycles. The van der Waals surface area contributed by atoms with E-state index in [0.717, 1.165) is 11.1 Å². The van der Waals surface area contributed by atoms with Crippen LogP contribution in [0.1, 0.15) is 18.1 Å². The molecule has 2 aromatic rings. The summed E-state index contributed by atoms with van der Waals surface area (Å²) in [6, 6.07) is 18.0. The molecule has 0 radical (unpaired) electrons. The van der Waals surface area contributed by atoms with Gasteiger partial charge in [0.1, 0.15) is 5.71 Å². The Kier molecular flexibility index (Phi) is 6.95. The third-order valence-electron chi connectivity index (χ3n) is 3.40.